The number of rotatable bonds is 8. The van der Waals surface area contributed by atoms with Gasteiger partial charge in [-0.15, -0.1) is 0 Å². The maximum atomic E-state index is 12.3. The van der Waals surface area contributed by atoms with Crippen molar-refractivity contribution in [1.82, 2.24) is 4.72 Å². The molecule has 0 radical (unpaired) electrons. The summed E-state index contributed by atoms with van der Waals surface area (Å²) in [5.74, 6) is 0. The summed E-state index contributed by atoms with van der Waals surface area (Å²) in [6.07, 6.45) is 1.35. The molecule has 1 atom stereocenters. The Labute approximate surface area is 128 Å². The average molecular weight is 337 g/mol. The average Bonchev–Trinajstić information content (AvgIpc) is 2.38. The van der Waals surface area contributed by atoms with E-state index in [1.54, 1.807) is 0 Å². The van der Waals surface area contributed by atoms with Gasteiger partial charge in [-0.3, -0.25) is 10.1 Å². The molecule has 0 saturated carbocycles. The maximum absolute atomic E-state index is 12.3. The molecular weight excluding hydrogens is 320 g/mol. The zero-order chi connectivity index (χ0) is 16.0. The third-order valence-corrected chi connectivity index (χ3v) is 4.74. The van der Waals surface area contributed by atoms with E-state index in [2.05, 4.69) is 4.72 Å². The summed E-state index contributed by atoms with van der Waals surface area (Å²) < 4.78 is 32.0. The first kappa shape index (κ1) is 17.8. The molecule has 0 aliphatic heterocycles. The normalized spacial score (nSPS) is 13.1. The van der Waals surface area contributed by atoms with Crippen molar-refractivity contribution in [3.63, 3.8) is 0 Å². The number of nitrogens with zero attached hydrogens (tertiary/aromatic N) is 1. The summed E-state index contributed by atoms with van der Waals surface area (Å²) in [6, 6.07) is 2.88. The van der Waals surface area contributed by atoms with Crippen molar-refractivity contribution in [1.29, 1.82) is 0 Å². The van der Waals surface area contributed by atoms with E-state index in [9.17, 15) is 18.5 Å². The number of benzene rings is 1. The topological polar surface area (TPSA) is 98.5 Å². The molecule has 9 heteroatoms. The third kappa shape index (κ3) is 4.92. The van der Waals surface area contributed by atoms with Crippen molar-refractivity contribution < 1.29 is 18.1 Å². The molecule has 0 amide bonds. The molecule has 0 aromatic heterocycles. The summed E-state index contributed by atoms with van der Waals surface area (Å²) in [5, 5.41) is 10.7. The van der Waals surface area contributed by atoms with Gasteiger partial charge in [0.1, 0.15) is 4.90 Å². The molecule has 7 nitrogen and oxygen atoms in total. The molecule has 0 fully saturated rings. The van der Waals surface area contributed by atoms with Crippen molar-refractivity contribution in [2.75, 3.05) is 13.7 Å². The van der Waals surface area contributed by atoms with Crippen LogP contribution < -0.4 is 4.72 Å². The Kier molecular flexibility index (Phi) is 6.53. The van der Waals surface area contributed by atoms with E-state index in [-0.39, 0.29) is 22.2 Å². The molecule has 1 aromatic rings. The number of ether oxygens (including phenoxy) is 1. The molecular formula is C12H17ClN2O5S. The molecule has 1 aromatic carbocycles. The van der Waals surface area contributed by atoms with E-state index in [0.717, 1.165) is 18.6 Å². The monoisotopic (exact) mass is 336 g/mol. The van der Waals surface area contributed by atoms with Gasteiger partial charge in [0, 0.05) is 25.3 Å². The first-order chi connectivity index (χ1) is 9.81. The van der Waals surface area contributed by atoms with Crippen LogP contribution in [0.5, 0.6) is 0 Å². The largest absolute Gasteiger partial charge is 0.383 e. The van der Waals surface area contributed by atoms with E-state index in [4.69, 9.17) is 16.3 Å². The zero-order valence-electron chi connectivity index (χ0n) is 11.7. The van der Waals surface area contributed by atoms with Crippen LogP contribution in [0.2, 0.25) is 5.02 Å². The highest BCUT2D eigenvalue weighted by atomic mass is 35.5. The summed E-state index contributed by atoms with van der Waals surface area (Å²) in [5.41, 5.74) is -0.335. The molecule has 118 valence electrons. The molecule has 0 heterocycles. The number of nitro benzene ring substituents is 1. The third-order valence-electron chi connectivity index (χ3n) is 2.74. The Hall–Kier alpha value is -1.22. The number of methoxy groups -OCH3 is 1. The van der Waals surface area contributed by atoms with Gasteiger partial charge in [0.15, 0.2) is 0 Å². The Balaban J connectivity index is 3.11. The van der Waals surface area contributed by atoms with Crippen LogP contribution in [0.4, 0.5) is 5.69 Å². The van der Waals surface area contributed by atoms with Gasteiger partial charge in [0.2, 0.25) is 10.0 Å². The highest BCUT2D eigenvalue weighted by Gasteiger charge is 2.24. The van der Waals surface area contributed by atoms with Gasteiger partial charge in [0.05, 0.1) is 16.6 Å². The van der Waals surface area contributed by atoms with Crippen molar-refractivity contribution >= 4 is 27.3 Å². The van der Waals surface area contributed by atoms with E-state index in [1.165, 1.54) is 13.2 Å². The second kappa shape index (κ2) is 7.69. The van der Waals surface area contributed by atoms with Crippen LogP contribution in [0.3, 0.4) is 0 Å². The highest BCUT2D eigenvalue weighted by molar-refractivity contribution is 7.89. The van der Waals surface area contributed by atoms with E-state index in [0.29, 0.717) is 6.42 Å². The van der Waals surface area contributed by atoms with Crippen molar-refractivity contribution in [2.45, 2.75) is 30.7 Å². The molecule has 0 aliphatic rings. The van der Waals surface area contributed by atoms with Crippen molar-refractivity contribution in [3.8, 4) is 0 Å². The number of hydrogen-bond donors (Lipinski definition) is 1. The number of halogens is 1. The van der Waals surface area contributed by atoms with Crippen LogP contribution >= 0.6 is 11.6 Å². The summed E-state index contributed by atoms with van der Waals surface area (Å²) in [6.45, 7) is 2.12. The summed E-state index contributed by atoms with van der Waals surface area (Å²) in [7, 11) is -2.49. The standard InChI is InChI=1S/C12H17ClN2O5S/c1-3-4-9(8-20-2)14-21(18,19)12-7-10(15(16)17)5-6-11(12)13/h5-7,9,14H,3-4,8H2,1-2H3. The lowest BCUT2D eigenvalue weighted by atomic mass is 10.2. The summed E-state index contributed by atoms with van der Waals surface area (Å²) in [4.78, 5) is 9.76. The van der Waals surface area contributed by atoms with Crippen LogP contribution in [0.25, 0.3) is 0 Å². The van der Waals surface area contributed by atoms with Gasteiger partial charge in [-0.2, -0.15) is 0 Å². The van der Waals surface area contributed by atoms with E-state index < -0.39 is 21.0 Å². The maximum Gasteiger partial charge on any atom is 0.270 e. The van der Waals surface area contributed by atoms with Crippen LogP contribution in [-0.4, -0.2) is 33.1 Å². The molecule has 1 unspecified atom stereocenters. The van der Waals surface area contributed by atoms with Gasteiger partial charge in [-0.1, -0.05) is 24.9 Å². The molecule has 0 saturated heterocycles. The van der Waals surface area contributed by atoms with Gasteiger partial charge in [-0.05, 0) is 12.5 Å². The van der Waals surface area contributed by atoms with Crippen LogP contribution in [0.1, 0.15) is 19.8 Å². The molecule has 0 aliphatic carbocycles. The second-order valence-electron chi connectivity index (χ2n) is 4.43. The molecule has 0 bridgehead atoms. The van der Waals surface area contributed by atoms with Crippen molar-refractivity contribution in [2.24, 2.45) is 0 Å². The molecule has 1 rings (SSSR count). The number of nitrogens with one attached hydrogen (secondary N) is 1. The first-order valence-electron chi connectivity index (χ1n) is 6.27. The predicted octanol–water partition coefficient (Wildman–Crippen LogP) is 2.34. The van der Waals surface area contributed by atoms with Gasteiger partial charge in [0.25, 0.3) is 5.69 Å². The second-order valence-corrected chi connectivity index (χ2v) is 6.52. The minimum Gasteiger partial charge on any atom is -0.383 e. The minimum atomic E-state index is -3.96. The predicted molar refractivity (Wildman–Crippen MR) is 79.0 cm³/mol. The summed E-state index contributed by atoms with van der Waals surface area (Å²) >= 11 is 5.85. The fraction of sp³-hybridized carbons (Fsp3) is 0.500. The lowest BCUT2D eigenvalue weighted by molar-refractivity contribution is -0.385. The smallest absolute Gasteiger partial charge is 0.270 e. The number of hydrogen-bond acceptors (Lipinski definition) is 5. The van der Waals surface area contributed by atoms with Crippen LogP contribution in [-0.2, 0) is 14.8 Å². The Morgan fingerprint density at radius 3 is 2.67 bits per heavy atom. The number of sulfonamides is 1. The van der Waals surface area contributed by atoms with Gasteiger partial charge < -0.3 is 4.74 Å². The number of non-ortho nitro benzene ring substituents is 1. The Morgan fingerprint density at radius 1 is 1.48 bits per heavy atom. The Morgan fingerprint density at radius 2 is 2.14 bits per heavy atom. The fourth-order valence-corrected chi connectivity index (χ4v) is 3.59. The number of nitro groups is 1. The lowest BCUT2D eigenvalue weighted by Crippen LogP contribution is -2.38. The highest BCUT2D eigenvalue weighted by Crippen LogP contribution is 2.26. The van der Waals surface area contributed by atoms with Gasteiger partial charge >= 0.3 is 0 Å². The minimum absolute atomic E-state index is 0.0687. The van der Waals surface area contributed by atoms with Crippen LogP contribution in [0.15, 0.2) is 23.1 Å². The SMILES string of the molecule is CCCC(COC)NS(=O)(=O)c1cc([N+](=O)[O-])ccc1Cl. The fourth-order valence-electron chi connectivity index (χ4n) is 1.82. The Bertz CT molecular complexity index is 600. The zero-order valence-corrected chi connectivity index (χ0v) is 13.3. The van der Waals surface area contributed by atoms with E-state index in [1.807, 2.05) is 6.92 Å². The van der Waals surface area contributed by atoms with Crippen LogP contribution in [0, 0.1) is 10.1 Å². The quantitative estimate of drug-likeness (QED) is 0.580. The molecule has 1 N–H and O–H groups in total. The molecule has 0 spiro atoms. The van der Waals surface area contributed by atoms with E-state index >= 15 is 0 Å². The van der Waals surface area contributed by atoms with Gasteiger partial charge in [-0.25, -0.2) is 13.1 Å². The molecule has 21 heavy (non-hydrogen) atoms. The first-order valence-corrected chi connectivity index (χ1v) is 8.13. The lowest BCUT2D eigenvalue weighted by Gasteiger charge is -2.17. The van der Waals surface area contributed by atoms with Crippen molar-refractivity contribution in [3.05, 3.63) is 33.3 Å².